The van der Waals surface area contributed by atoms with Gasteiger partial charge in [-0.2, -0.15) is 0 Å². The van der Waals surface area contributed by atoms with E-state index < -0.39 is 0 Å². The second kappa shape index (κ2) is 4.37. The summed E-state index contributed by atoms with van der Waals surface area (Å²) < 4.78 is 14.3. The van der Waals surface area contributed by atoms with Crippen molar-refractivity contribution in [3.63, 3.8) is 0 Å². The first-order valence-corrected chi connectivity index (χ1v) is 6.09. The van der Waals surface area contributed by atoms with Crippen molar-refractivity contribution in [2.75, 3.05) is 0 Å². The topological polar surface area (TPSA) is 25.8 Å². The fourth-order valence-electron chi connectivity index (χ4n) is 0.866. The Labute approximate surface area is 96.7 Å². The summed E-state index contributed by atoms with van der Waals surface area (Å²) in [4.78, 5) is 0.827. The van der Waals surface area contributed by atoms with Crippen molar-refractivity contribution < 1.29 is 4.39 Å². The van der Waals surface area contributed by atoms with Crippen molar-refractivity contribution in [1.29, 1.82) is 0 Å². The van der Waals surface area contributed by atoms with Crippen LogP contribution in [-0.2, 0) is 0 Å². The fourth-order valence-corrected chi connectivity index (χ4v) is 3.33. The van der Waals surface area contributed by atoms with Gasteiger partial charge in [0.15, 0.2) is 8.26 Å². The molecule has 0 bridgehead atoms. The highest BCUT2D eigenvalue weighted by Gasteiger charge is 2.04. The number of hydrogen-bond acceptors (Lipinski definition) is 4. The number of rotatable bonds is 2. The minimum Gasteiger partial charge on any atom is -0.207 e. The van der Waals surface area contributed by atoms with E-state index in [1.165, 1.54) is 35.2 Å². The highest BCUT2D eigenvalue weighted by Crippen LogP contribution is 2.31. The summed E-state index contributed by atoms with van der Waals surface area (Å²) in [7, 11) is 0. The largest absolute Gasteiger partial charge is 0.207 e. The standard InChI is InChI=1S/C8H4BrFN2S2/c9-7-11-12-8(14-7)13-6-3-1-2-5(10)4-6/h1-4H. The summed E-state index contributed by atoms with van der Waals surface area (Å²) in [5, 5.41) is 7.71. The third-order valence-electron chi connectivity index (χ3n) is 1.38. The third kappa shape index (κ3) is 2.52. The Morgan fingerprint density at radius 2 is 2.21 bits per heavy atom. The maximum atomic E-state index is 12.8. The first-order chi connectivity index (χ1) is 6.74. The van der Waals surface area contributed by atoms with E-state index in [0.717, 1.165) is 13.2 Å². The molecule has 0 saturated carbocycles. The molecule has 0 amide bonds. The molecule has 6 heteroatoms. The van der Waals surface area contributed by atoms with E-state index in [4.69, 9.17) is 0 Å². The molecule has 2 nitrogen and oxygen atoms in total. The Bertz CT molecular complexity index is 446. The maximum Gasteiger partial charge on any atom is 0.184 e. The van der Waals surface area contributed by atoms with Gasteiger partial charge in [-0.3, -0.25) is 0 Å². The van der Waals surface area contributed by atoms with Gasteiger partial charge in [-0.05, 0) is 34.1 Å². The van der Waals surface area contributed by atoms with E-state index in [1.807, 2.05) is 6.07 Å². The molecule has 72 valence electrons. The van der Waals surface area contributed by atoms with E-state index >= 15 is 0 Å². The van der Waals surface area contributed by atoms with Gasteiger partial charge >= 0.3 is 0 Å². The Kier molecular flexibility index (Phi) is 3.15. The van der Waals surface area contributed by atoms with Crippen LogP contribution < -0.4 is 0 Å². The van der Waals surface area contributed by atoms with Crippen molar-refractivity contribution >= 4 is 39.0 Å². The second-order valence-electron chi connectivity index (χ2n) is 2.38. The molecule has 0 saturated heterocycles. The molecule has 0 atom stereocenters. The number of benzene rings is 1. The van der Waals surface area contributed by atoms with E-state index in [-0.39, 0.29) is 5.82 Å². The predicted octanol–water partition coefficient (Wildman–Crippen LogP) is 3.59. The fraction of sp³-hybridized carbons (Fsp3) is 0. The zero-order valence-corrected chi connectivity index (χ0v) is 10.00. The normalized spacial score (nSPS) is 10.4. The summed E-state index contributed by atoms with van der Waals surface area (Å²) >= 11 is 6.04. The van der Waals surface area contributed by atoms with Crippen molar-refractivity contribution in [1.82, 2.24) is 10.2 Å². The molecule has 1 heterocycles. The first-order valence-electron chi connectivity index (χ1n) is 3.66. The van der Waals surface area contributed by atoms with Crippen LogP contribution in [0.25, 0.3) is 0 Å². The van der Waals surface area contributed by atoms with Gasteiger partial charge in [0.05, 0.1) is 0 Å². The van der Waals surface area contributed by atoms with E-state index in [0.29, 0.717) is 0 Å². The molecule has 0 aliphatic rings. The molecule has 0 spiro atoms. The van der Waals surface area contributed by atoms with Crippen LogP contribution in [0.3, 0.4) is 0 Å². The summed E-state index contributed by atoms with van der Waals surface area (Å²) in [6, 6.07) is 6.40. The summed E-state index contributed by atoms with van der Waals surface area (Å²) in [5.74, 6) is -0.237. The molecule has 0 N–H and O–H groups in total. The quantitative estimate of drug-likeness (QED) is 0.845. The number of nitrogens with zero attached hydrogens (tertiary/aromatic N) is 2. The molecule has 0 radical (unpaired) electrons. The van der Waals surface area contributed by atoms with Crippen molar-refractivity contribution in [2.24, 2.45) is 0 Å². The number of halogens is 2. The molecule has 1 aromatic carbocycles. The lowest BCUT2D eigenvalue weighted by atomic mass is 10.4. The van der Waals surface area contributed by atoms with Gasteiger partial charge in [0.25, 0.3) is 0 Å². The lowest BCUT2D eigenvalue weighted by Crippen LogP contribution is -1.75. The second-order valence-corrected chi connectivity index (χ2v) is 5.95. The molecule has 0 aliphatic carbocycles. The Morgan fingerprint density at radius 1 is 1.36 bits per heavy atom. The predicted molar refractivity (Wildman–Crippen MR) is 58.1 cm³/mol. The minimum atomic E-state index is -0.237. The summed E-state index contributed by atoms with van der Waals surface area (Å²) in [6.45, 7) is 0. The smallest absolute Gasteiger partial charge is 0.184 e. The number of hydrogen-bond donors (Lipinski definition) is 0. The average molecular weight is 291 g/mol. The lowest BCUT2D eigenvalue weighted by Gasteiger charge is -1.95. The van der Waals surface area contributed by atoms with Crippen LogP contribution in [0.4, 0.5) is 4.39 Å². The van der Waals surface area contributed by atoms with Gasteiger partial charge in [0.2, 0.25) is 0 Å². The van der Waals surface area contributed by atoms with E-state index in [1.54, 1.807) is 6.07 Å². The SMILES string of the molecule is Fc1cccc(Sc2nnc(Br)s2)c1. The van der Waals surface area contributed by atoms with Crippen LogP contribution in [0.1, 0.15) is 0 Å². The van der Waals surface area contributed by atoms with Gasteiger partial charge in [-0.25, -0.2) is 4.39 Å². The van der Waals surface area contributed by atoms with Crippen LogP contribution in [0.15, 0.2) is 37.4 Å². The zero-order chi connectivity index (χ0) is 9.97. The highest BCUT2D eigenvalue weighted by atomic mass is 79.9. The molecule has 0 unspecified atom stereocenters. The van der Waals surface area contributed by atoms with Crippen LogP contribution in [0.5, 0.6) is 0 Å². The average Bonchev–Trinajstić information content (AvgIpc) is 2.51. The third-order valence-corrected chi connectivity index (χ3v) is 3.78. The van der Waals surface area contributed by atoms with Gasteiger partial charge in [-0.15, -0.1) is 10.2 Å². The van der Waals surface area contributed by atoms with Crippen LogP contribution in [0, 0.1) is 5.82 Å². The van der Waals surface area contributed by atoms with Crippen molar-refractivity contribution in [2.45, 2.75) is 9.24 Å². The molecule has 0 aliphatic heterocycles. The van der Waals surface area contributed by atoms with Crippen molar-refractivity contribution in [3.05, 3.63) is 34.0 Å². The van der Waals surface area contributed by atoms with E-state index in [2.05, 4.69) is 26.1 Å². The minimum absolute atomic E-state index is 0.237. The zero-order valence-electron chi connectivity index (χ0n) is 6.78. The number of aromatic nitrogens is 2. The van der Waals surface area contributed by atoms with Crippen LogP contribution in [0.2, 0.25) is 0 Å². The molecule has 14 heavy (non-hydrogen) atoms. The molecule has 2 rings (SSSR count). The Balaban J connectivity index is 2.18. The lowest BCUT2D eigenvalue weighted by molar-refractivity contribution is 0.624. The molecule has 1 aromatic heterocycles. The molecular weight excluding hydrogens is 287 g/mol. The Hall–Kier alpha value is -0.460. The van der Waals surface area contributed by atoms with Crippen LogP contribution in [-0.4, -0.2) is 10.2 Å². The molecule has 2 aromatic rings. The van der Waals surface area contributed by atoms with Crippen LogP contribution >= 0.6 is 39.0 Å². The van der Waals surface area contributed by atoms with Gasteiger partial charge in [0.1, 0.15) is 5.82 Å². The summed E-state index contributed by atoms with van der Waals surface area (Å²) in [5.41, 5.74) is 0. The monoisotopic (exact) mass is 290 g/mol. The van der Waals surface area contributed by atoms with Gasteiger partial charge in [0, 0.05) is 4.90 Å². The summed E-state index contributed by atoms with van der Waals surface area (Å²) in [6.07, 6.45) is 0. The first kappa shape index (κ1) is 10.1. The van der Waals surface area contributed by atoms with Gasteiger partial charge in [-0.1, -0.05) is 29.2 Å². The van der Waals surface area contributed by atoms with E-state index in [9.17, 15) is 4.39 Å². The Morgan fingerprint density at radius 3 is 2.86 bits per heavy atom. The maximum absolute atomic E-state index is 12.8. The van der Waals surface area contributed by atoms with Crippen molar-refractivity contribution in [3.8, 4) is 0 Å². The van der Waals surface area contributed by atoms with Gasteiger partial charge < -0.3 is 0 Å². The highest BCUT2D eigenvalue weighted by molar-refractivity contribution is 9.11. The molecular formula is C8H4BrFN2S2. The molecule has 0 fully saturated rings.